The zero-order chi connectivity index (χ0) is 13.0. The van der Waals surface area contributed by atoms with E-state index in [0.29, 0.717) is 6.54 Å². The van der Waals surface area contributed by atoms with E-state index in [1.54, 1.807) is 0 Å². The summed E-state index contributed by atoms with van der Waals surface area (Å²) < 4.78 is 39.0. The van der Waals surface area contributed by atoms with Crippen molar-refractivity contribution in [1.82, 2.24) is 4.72 Å². The maximum Gasteiger partial charge on any atom is 0.240 e. The van der Waals surface area contributed by atoms with Crippen LogP contribution in [0.3, 0.4) is 0 Å². The number of rotatable bonds is 5. The Labute approximate surface area is 107 Å². The van der Waals surface area contributed by atoms with Gasteiger partial charge >= 0.3 is 0 Å². The molecular formula is C13H16FNO2S. The van der Waals surface area contributed by atoms with Crippen molar-refractivity contribution in [2.45, 2.75) is 30.6 Å². The van der Waals surface area contributed by atoms with E-state index in [0.717, 1.165) is 31.4 Å². The lowest BCUT2D eigenvalue weighted by atomic mass is 10.2. The molecule has 1 N–H and O–H groups in total. The Bertz CT molecular complexity index is 535. The summed E-state index contributed by atoms with van der Waals surface area (Å²) >= 11 is 0. The van der Waals surface area contributed by atoms with Gasteiger partial charge in [0.1, 0.15) is 5.82 Å². The maximum absolute atomic E-state index is 12.7. The van der Waals surface area contributed by atoms with Crippen molar-refractivity contribution < 1.29 is 12.8 Å². The lowest BCUT2D eigenvalue weighted by Crippen LogP contribution is -2.25. The summed E-state index contributed by atoms with van der Waals surface area (Å²) in [6.07, 6.45) is 6.25. The molecule has 2 rings (SSSR count). The minimum absolute atomic E-state index is 0.101. The van der Waals surface area contributed by atoms with Crippen LogP contribution in [0.1, 0.15) is 25.7 Å². The van der Waals surface area contributed by atoms with Crippen molar-refractivity contribution >= 4 is 10.0 Å². The average Bonchev–Trinajstić information content (AvgIpc) is 2.82. The van der Waals surface area contributed by atoms with Gasteiger partial charge in [0.05, 0.1) is 4.90 Å². The molecule has 0 fully saturated rings. The van der Waals surface area contributed by atoms with Gasteiger partial charge in [0.15, 0.2) is 0 Å². The SMILES string of the molecule is O=S(=O)(NCCC1=CCCC1)c1ccc(F)cc1. The number of halogens is 1. The van der Waals surface area contributed by atoms with Crippen molar-refractivity contribution in [1.29, 1.82) is 0 Å². The third-order valence-corrected chi connectivity index (χ3v) is 4.47. The van der Waals surface area contributed by atoms with E-state index in [1.165, 1.54) is 24.1 Å². The smallest absolute Gasteiger partial charge is 0.211 e. The van der Waals surface area contributed by atoms with Gasteiger partial charge in [0.2, 0.25) is 10.0 Å². The zero-order valence-corrected chi connectivity index (χ0v) is 10.8. The van der Waals surface area contributed by atoms with Crippen LogP contribution in [0, 0.1) is 5.82 Å². The van der Waals surface area contributed by atoms with Crippen LogP contribution in [0.15, 0.2) is 40.8 Å². The van der Waals surface area contributed by atoms with Gasteiger partial charge in [-0.25, -0.2) is 17.5 Å². The van der Waals surface area contributed by atoms with E-state index in [4.69, 9.17) is 0 Å². The van der Waals surface area contributed by atoms with Gasteiger partial charge in [-0.05, 0) is 49.9 Å². The van der Waals surface area contributed by atoms with Crippen LogP contribution in [0.4, 0.5) is 4.39 Å². The molecule has 0 amide bonds. The molecule has 0 spiro atoms. The second-order valence-corrected chi connectivity index (χ2v) is 6.12. The van der Waals surface area contributed by atoms with E-state index >= 15 is 0 Å². The molecule has 0 aliphatic heterocycles. The van der Waals surface area contributed by atoms with Crippen LogP contribution in [-0.2, 0) is 10.0 Å². The molecule has 0 saturated carbocycles. The van der Waals surface area contributed by atoms with E-state index in [9.17, 15) is 12.8 Å². The lowest BCUT2D eigenvalue weighted by molar-refractivity contribution is 0.580. The number of benzene rings is 1. The van der Waals surface area contributed by atoms with E-state index in [2.05, 4.69) is 10.8 Å². The highest BCUT2D eigenvalue weighted by Gasteiger charge is 2.13. The molecule has 0 saturated heterocycles. The van der Waals surface area contributed by atoms with Gasteiger partial charge < -0.3 is 0 Å². The second-order valence-electron chi connectivity index (χ2n) is 4.36. The van der Waals surface area contributed by atoms with E-state index in [1.807, 2.05) is 0 Å². The van der Waals surface area contributed by atoms with Crippen LogP contribution >= 0.6 is 0 Å². The normalized spacial score (nSPS) is 15.7. The van der Waals surface area contributed by atoms with Crippen molar-refractivity contribution in [3.05, 3.63) is 41.7 Å². The largest absolute Gasteiger partial charge is 0.240 e. The highest BCUT2D eigenvalue weighted by molar-refractivity contribution is 7.89. The third-order valence-electron chi connectivity index (χ3n) is 3.00. The fourth-order valence-corrected chi connectivity index (χ4v) is 3.04. The Morgan fingerprint density at radius 1 is 1.22 bits per heavy atom. The first-order chi connectivity index (χ1) is 8.58. The Kier molecular flexibility index (Phi) is 4.14. The molecule has 98 valence electrons. The van der Waals surface area contributed by atoms with Gasteiger partial charge in [-0.1, -0.05) is 11.6 Å². The summed E-state index contributed by atoms with van der Waals surface area (Å²) in [4.78, 5) is 0.101. The fourth-order valence-electron chi connectivity index (χ4n) is 2.01. The van der Waals surface area contributed by atoms with Gasteiger partial charge in [0.25, 0.3) is 0 Å². The molecule has 1 aromatic carbocycles. The summed E-state index contributed by atoms with van der Waals surface area (Å²) in [5.41, 5.74) is 1.32. The second kappa shape index (κ2) is 5.63. The Balaban J connectivity index is 1.92. The Morgan fingerprint density at radius 3 is 2.56 bits per heavy atom. The van der Waals surface area contributed by atoms with Crippen molar-refractivity contribution in [2.24, 2.45) is 0 Å². The molecule has 1 aliphatic carbocycles. The summed E-state index contributed by atoms with van der Waals surface area (Å²) in [5, 5.41) is 0. The highest BCUT2D eigenvalue weighted by atomic mass is 32.2. The highest BCUT2D eigenvalue weighted by Crippen LogP contribution is 2.20. The molecule has 18 heavy (non-hydrogen) atoms. The van der Waals surface area contributed by atoms with Crippen LogP contribution in [0.5, 0.6) is 0 Å². The number of allylic oxidation sites excluding steroid dienone is 1. The zero-order valence-electron chi connectivity index (χ0n) is 10.0. The molecule has 5 heteroatoms. The first-order valence-corrected chi connectivity index (χ1v) is 7.49. The molecule has 0 heterocycles. The van der Waals surface area contributed by atoms with Crippen molar-refractivity contribution in [2.75, 3.05) is 6.54 Å². The molecule has 0 bridgehead atoms. The molecule has 0 radical (unpaired) electrons. The number of nitrogens with one attached hydrogen (secondary N) is 1. The quantitative estimate of drug-likeness (QED) is 0.835. The van der Waals surface area contributed by atoms with E-state index in [-0.39, 0.29) is 4.90 Å². The van der Waals surface area contributed by atoms with Crippen molar-refractivity contribution in [3.8, 4) is 0 Å². The van der Waals surface area contributed by atoms with Crippen molar-refractivity contribution in [3.63, 3.8) is 0 Å². The molecular weight excluding hydrogens is 253 g/mol. The predicted octanol–water partition coefficient (Wildman–Crippen LogP) is 2.60. The molecule has 0 atom stereocenters. The van der Waals surface area contributed by atoms with Crippen LogP contribution in [0.25, 0.3) is 0 Å². The average molecular weight is 269 g/mol. The summed E-state index contributed by atoms with van der Waals surface area (Å²) in [5.74, 6) is -0.440. The molecule has 0 aromatic heterocycles. The fraction of sp³-hybridized carbons (Fsp3) is 0.385. The maximum atomic E-state index is 12.7. The Morgan fingerprint density at radius 2 is 1.94 bits per heavy atom. The van der Waals surface area contributed by atoms with E-state index < -0.39 is 15.8 Å². The van der Waals surface area contributed by atoms with Gasteiger partial charge in [-0.2, -0.15) is 0 Å². The first-order valence-electron chi connectivity index (χ1n) is 6.01. The molecule has 0 unspecified atom stereocenters. The molecule has 3 nitrogen and oxygen atoms in total. The van der Waals surface area contributed by atoms with Gasteiger partial charge in [-0.15, -0.1) is 0 Å². The van der Waals surface area contributed by atoms with Crippen LogP contribution in [-0.4, -0.2) is 15.0 Å². The predicted molar refractivity (Wildman–Crippen MR) is 68.1 cm³/mol. The summed E-state index contributed by atoms with van der Waals surface area (Å²) in [7, 11) is -3.51. The number of sulfonamides is 1. The Hall–Kier alpha value is -1.20. The van der Waals surface area contributed by atoms with Gasteiger partial charge in [-0.3, -0.25) is 0 Å². The van der Waals surface area contributed by atoms with Gasteiger partial charge in [0, 0.05) is 6.54 Å². The third kappa shape index (κ3) is 3.40. The summed E-state index contributed by atoms with van der Waals surface area (Å²) in [6.45, 7) is 0.394. The molecule has 1 aliphatic rings. The monoisotopic (exact) mass is 269 g/mol. The topological polar surface area (TPSA) is 46.2 Å². The minimum Gasteiger partial charge on any atom is -0.211 e. The number of hydrogen-bond acceptors (Lipinski definition) is 2. The molecule has 1 aromatic rings. The minimum atomic E-state index is -3.51. The lowest BCUT2D eigenvalue weighted by Gasteiger charge is -2.07. The van der Waals surface area contributed by atoms with Crippen LogP contribution in [0.2, 0.25) is 0 Å². The van der Waals surface area contributed by atoms with Crippen LogP contribution < -0.4 is 4.72 Å². The first kappa shape index (κ1) is 13.2. The number of hydrogen-bond donors (Lipinski definition) is 1. The standard InChI is InChI=1S/C13H16FNO2S/c14-12-5-7-13(8-6-12)18(16,17)15-10-9-11-3-1-2-4-11/h3,5-8,15H,1-2,4,9-10H2. The summed E-state index contributed by atoms with van der Waals surface area (Å²) in [6, 6.07) is 4.83.